The lowest BCUT2D eigenvalue weighted by Gasteiger charge is -2.28. The van der Waals surface area contributed by atoms with Crippen LogP contribution in [-0.4, -0.2) is 23.1 Å². The van der Waals surface area contributed by atoms with Gasteiger partial charge >= 0.3 is 0 Å². The molecule has 0 saturated heterocycles. The number of nitrogens with zero attached hydrogens (tertiary/aromatic N) is 1. The van der Waals surface area contributed by atoms with Crippen molar-refractivity contribution in [1.29, 1.82) is 5.26 Å². The fourth-order valence-electron chi connectivity index (χ4n) is 1.76. The van der Waals surface area contributed by atoms with Crippen LogP contribution in [0.4, 0.5) is 0 Å². The molecule has 15 heavy (non-hydrogen) atoms. The Balaban J connectivity index is 2.52. The molecule has 1 saturated carbocycles. The molecule has 0 aliphatic heterocycles. The third-order valence-corrected chi connectivity index (χ3v) is 4.66. The van der Waals surface area contributed by atoms with Gasteiger partial charge in [-0.1, -0.05) is 20.8 Å². The standard InChI is InChI=1S/C12H22N2S/c1-4-10(3)15-9-12(8-13,14-5-2)11-6-7-11/h10-11,14H,4-7,9H2,1-3H3. The Morgan fingerprint density at radius 3 is 2.60 bits per heavy atom. The van der Waals surface area contributed by atoms with Crippen LogP contribution in [0.25, 0.3) is 0 Å². The molecule has 1 aliphatic carbocycles. The van der Waals surface area contributed by atoms with E-state index in [2.05, 4.69) is 32.2 Å². The van der Waals surface area contributed by atoms with Gasteiger partial charge in [0.25, 0.3) is 0 Å². The van der Waals surface area contributed by atoms with Crippen molar-refractivity contribution in [1.82, 2.24) is 5.32 Å². The summed E-state index contributed by atoms with van der Waals surface area (Å²) in [6.07, 6.45) is 3.63. The highest BCUT2D eigenvalue weighted by Crippen LogP contribution is 2.41. The molecule has 0 amide bonds. The molecule has 0 heterocycles. The normalized spacial score (nSPS) is 21.7. The Kier molecular flexibility index (Phi) is 4.95. The van der Waals surface area contributed by atoms with Crippen molar-refractivity contribution in [3.63, 3.8) is 0 Å². The van der Waals surface area contributed by atoms with Gasteiger partial charge in [-0.05, 0) is 31.7 Å². The van der Waals surface area contributed by atoms with Gasteiger partial charge in [-0.25, -0.2) is 0 Å². The van der Waals surface area contributed by atoms with Gasteiger partial charge < -0.3 is 0 Å². The van der Waals surface area contributed by atoms with E-state index in [1.807, 2.05) is 11.8 Å². The predicted octanol–water partition coefficient (Wildman–Crippen LogP) is 2.80. The Labute approximate surface area is 97.8 Å². The number of rotatable bonds is 7. The Morgan fingerprint density at radius 2 is 2.20 bits per heavy atom. The maximum atomic E-state index is 9.38. The fraction of sp³-hybridized carbons (Fsp3) is 0.917. The number of thioether (sulfide) groups is 1. The third-order valence-electron chi connectivity index (χ3n) is 3.14. The first kappa shape index (κ1) is 12.9. The fourth-order valence-corrected chi connectivity index (χ4v) is 2.94. The van der Waals surface area contributed by atoms with Crippen molar-refractivity contribution in [2.45, 2.75) is 50.8 Å². The number of nitrogens with one attached hydrogen (secondary N) is 1. The van der Waals surface area contributed by atoms with Crippen LogP contribution in [0.1, 0.15) is 40.0 Å². The highest BCUT2D eigenvalue weighted by Gasteiger charge is 2.45. The second kappa shape index (κ2) is 5.77. The molecule has 2 unspecified atom stereocenters. The summed E-state index contributed by atoms with van der Waals surface area (Å²) in [5.74, 6) is 1.54. The number of nitriles is 1. The van der Waals surface area contributed by atoms with Crippen molar-refractivity contribution in [2.24, 2.45) is 5.92 Å². The summed E-state index contributed by atoms with van der Waals surface area (Å²) < 4.78 is 0. The van der Waals surface area contributed by atoms with Crippen LogP contribution in [0, 0.1) is 17.2 Å². The number of hydrogen-bond acceptors (Lipinski definition) is 3. The molecule has 0 aromatic rings. The first-order chi connectivity index (χ1) is 7.18. The minimum Gasteiger partial charge on any atom is -0.299 e. The van der Waals surface area contributed by atoms with E-state index in [1.165, 1.54) is 19.3 Å². The molecule has 0 radical (unpaired) electrons. The molecular weight excluding hydrogens is 204 g/mol. The van der Waals surface area contributed by atoms with E-state index < -0.39 is 0 Å². The third kappa shape index (κ3) is 3.39. The van der Waals surface area contributed by atoms with Crippen LogP contribution in [0.3, 0.4) is 0 Å². The minimum absolute atomic E-state index is 0.247. The summed E-state index contributed by atoms with van der Waals surface area (Å²) in [7, 11) is 0. The lowest BCUT2D eigenvalue weighted by molar-refractivity contribution is 0.415. The van der Waals surface area contributed by atoms with E-state index in [1.54, 1.807) is 0 Å². The van der Waals surface area contributed by atoms with Crippen LogP contribution in [0.15, 0.2) is 0 Å². The predicted molar refractivity (Wildman–Crippen MR) is 67.0 cm³/mol. The van der Waals surface area contributed by atoms with Crippen molar-refractivity contribution < 1.29 is 0 Å². The SMILES string of the molecule is CCNC(C#N)(CSC(C)CC)C1CC1. The lowest BCUT2D eigenvalue weighted by Crippen LogP contribution is -2.48. The van der Waals surface area contributed by atoms with Crippen molar-refractivity contribution in [2.75, 3.05) is 12.3 Å². The van der Waals surface area contributed by atoms with E-state index in [0.717, 1.165) is 12.3 Å². The van der Waals surface area contributed by atoms with Gasteiger partial charge in [-0.3, -0.25) is 5.32 Å². The molecule has 1 N–H and O–H groups in total. The molecule has 0 bridgehead atoms. The zero-order valence-electron chi connectivity index (χ0n) is 10.0. The van der Waals surface area contributed by atoms with Crippen molar-refractivity contribution in [3.05, 3.63) is 0 Å². The van der Waals surface area contributed by atoms with Gasteiger partial charge in [-0.2, -0.15) is 17.0 Å². The molecule has 0 spiro atoms. The summed E-state index contributed by atoms with van der Waals surface area (Å²) in [6.45, 7) is 7.43. The van der Waals surface area contributed by atoms with E-state index in [-0.39, 0.29) is 5.54 Å². The molecular formula is C12H22N2S. The highest BCUT2D eigenvalue weighted by molar-refractivity contribution is 7.99. The van der Waals surface area contributed by atoms with Crippen LogP contribution >= 0.6 is 11.8 Å². The molecule has 1 rings (SSSR count). The Morgan fingerprint density at radius 1 is 1.53 bits per heavy atom. The van der Waals surface area contributed by atoms with Crippen LogP contribution in [-0.2, 0) is 0 Å². The zero-order chi connectivity index (χ0) is 11.3. The molecule has 0 aromatic heterocycles. The van der Waals surface area contributed by atoms with Gasteiger partial charge in [0.05, 0.1) is 6.07 Å². The topological polar surface area (TPSA) is 35.8 Å². The van der Waals surface area contributed by atoms with Crippen molar-refractivity contribution >= 4 is 11.8 Å². The van der Waals surface area contributed by atoms with E-state index in [4.69, 9.17) is 0 Å². The molecule has 1 aliphatic rings. The number of hydrogen-bond donors (Lipinski definition) is 1. The van der Waals surface area contributed by atoms with E-state index in [0.29, 0.717) is 11.2 Å². The van der Waals surface area contributed by atoms with E-state index in [9.17, 15) is 5.26 Å². The summed E-state index contributed by atoms with van der Waals surface area (Å²) in [5, 5.41) is 13.4. The minimum atomic E-state index is -0.247. The quantitative estimate of drug-likeness (QED) is 0.725. The average Bonchev–Trinajstić information content (AvgIpc) is 3.08. The van der Waals surface area contributed by atoms with E-state index >= 15 is 0 Å². The maximum Gasteiger partial charge on any atom is 0.118 e. The molecule has 3 heteroatoms. The maximum absolute atomic E-state index is 9.38. The summed E-state index contributed by atoms with van der Waals surface area (Å²) in [6, 6.07) is 2.53. The van der Waals surface area contributed by atoms with Gasteiger partial charge in [0.15, 0.2) is 0 Å². The monoisotopic (exact) mass is 226 g/mol. The lowest BCUT2D eigenvalue weighted by atomic mass is 9.98. The van der Waals surface area contributed by atoms with Crippen LogP contribution in [0.2, 0.25) is 0 Å². The molecule has 86 valence electrons. The molecule has 0 aromatic carbocycles. The summed E-state index contributed by atoms with van der Waals surface area (Å²) in [5.41, 5.74) is -0.247. The Hall–Kier alpha value is -0.200. The van der Waals surface area contributed by atoms with Gasteiger partial charge in [0.1, 0.15) is 5.54 Å². The largest absolute Gasteiger partial charge is 0.299 e. The smallest absolute Gasteiger partial charge is 0.118 e. The Bertz CT molecular complexity index is 232. The first-order valence-electron chi connectivity index (χ1n) is 5.96. The molecule has 2 atom stereocenters. The second-order valence-electron chi connectivity index (χ2n) is 4.42. The van der Waals surface area contributed by atoms with Gasteiger partial charge in [0.2, 0.25) is 0 Å². The highest BCUT2D eigenvalue weighted by atomic mass is 32.2. The van der Waals surface area contributed by atoms with Crippen LogP contribution < -0.4 is 5.32 Å². The van der Waals surface area contributed by atoms with Crippen LogP contribution in [0.5, 0.6) is 0 Å². The molecule has 2 nitrogen and oxygen atoms in total. The zero-order valence-corrected chi connectivity index (χ0v) is 10.9. The van der Waals surface area contributed by atoms with Gasteiger partial charge in [0, 0.05) is 11.0 Å². The average molecular weight is 226 g/mol. The van der Waals surface area contributed by atoms with Gasteiger partial charge in [-0.15, -0.1) is 0 Å². The molecule has 1 fully saturated rings. The summed E-state index contributed by atoms with van der Waals surface area (Å²) in [4.78, 5) is 0. The first-order valence-corrected chi connectivity index (χ1v) is 7.01. The summed E-state index contributed by atoms with van der Waals surface area (Å²) >= 11 is 1.93. The van der Waals surface area contributed by atoms with Crippen molar-refractivity contribution in [3.8, 4) is 6.07 Å². The second-order valence-corrected chi connectivity index (χ2v) is 5.84.